The third-order valence-electron chi connectivity index (χ3n) is 2.31. The summed E-state index contributed by atoms with van der Waals surface area (Å²) in [5.74, 6) is 0. The summed E-state index contributed by atoms with van der Waals surface area (Å²) < 4.78 is 36.3. The van der Waals surface area contributed by atoms with Crippen LogP contribution in [0, 0.1) is 0 Å². The maximum Gasteiger partial charge on any atom is 0.403 e. The normalized spacial score (nSPS) is 13.8. The van der Waals surface area contributed by atoms with E-state index >= 15 is 0 Å². The van der Waals surface area contributed by atoms with E-state index in [-0.39, 0.29) is 6.42 Å². The summed E-state index contributed by atoms with van der Waals surface area (Å²) in [4.78, 5) is 0. The van der Waals surface area contributed by atoms with Crippen LogP contribution >= 0.6 is 11.6 Å². The van der Waals surface area contributed by atoms with Gasteiger partial charge in [-0.15, -0.1) is 0 Å². The molecule has 0 aromatic heterocycles. The van der Waals surface area contributed by atoms with E-state index in [0.717, 1.165) is 5.56 Å². The van der Waals surface area contributed by atoms with Crippen molar-refractivity contribution in [2.75, 3.05) is 0 Å². The number of halogens is 4. The van der Waals surface area contributed by atoms with E-state index in [4.69, 9.17) is 17.3 Å². The van der Waals surface area contributed by atoms with E-state index in [9.17, 15) is 13.2 Å². The predicted molar refractivity (Wildman–Crippen MR) is 58.4 cm³/mol. The van der Waals surface area contributed by atoms with Gasteiger partial charge in [-0.05, 0) is 37.0 Å². The van der Waals surface area contributed by atoms with E-state index in [0.29, 0.717) is 17.9 Å². The van der Waals surface area contributed by atoms with Crippen molar-refractivity contribution in [1.29, 1.82) is 0 Å². The molecule has 0 bridgehead atoms. The van der Waals surface area contributed by atoms with Crippen LogP contribution in [0.15, 0.2) is 24.3 Å². The summed E-state index contributed by atoms with van der Waals surface area (Å²) in [6.45, 7) is 0. The van der Waals surface area contributed by atoms with Gasteiger partial charge in [0.1, 0.15) is 6.04 Å². The first-order valence-electron chi connectivity index (χ1n) is 4.96. The lowest BCUT2D eigenvalue weighted by molar-refractivity contribution is -0.149. The zero-order valence-electron chi connectivity index (χ0n) is 8.60. The Morgan fingerprint density at radius 3 is 2.25 bits per heavy atom. The first-order chi connectivity index (χ1) is 7.39. The lowest BCUT2D eigenvalue weighted by Gasteiger charge is -2.14. The van der Waals surface area contributed by atoms with Gasteiger partial charge in [0.15, 0.2) is 0 Å². The second-order valence-corrected chi connectivity index (χ2v) is 4.10. The topological polar surface area (TPSA) is 26.0 Å². The number of hydrogen-bond acceptors (Lipinski definition) is 1. The molecule has 90 valence electrons. The minimum Gasteiger partial charge on any atom is -0.320 e. The molecule has 1 aromatic carbocycles. The van der Waals surface area contributed by atoms with Crippen LogP contribution in [-0.4, -0.2) is 12.2 Å². The maximum atomic E-state index is 12.1. The fourth-order valence-electron chi connectivity index (χ4n) is 1.34. The SMILES string of the molecule is NC(CCCc1ccc(Cl)cc1)C(F)(F)F. The molecule has 1 unspecified atom stereocenters. The third-order valence-corrected chi connectivity index (χ3v) is 2.57. The highest BCUT2D eigenvalue weighted by molar-refractivity contribution is 6.30. The van der Waals surface area contributed by atoms with Gasteiger partial charge in [-0.1, -0.05) is 23.7 Å². The van der Waals surface area contributed by atoms with Crippen LogP contribution in [0.25, 0.3) is 0 Å². The Morgan fingerprint density at radius 2 is 1.75 bits per heavy atom. The molecule has 0 aliphatic carbocycles. The van der Waals surface area contributed by atoms with Gasteiger partial charge in [-0.2, -0.15) is 13.2 Å². The first-order valence-corrected chi connectivity index (χ1v) is 5.34. The molecule has 0 aliphatic rings. The highest BCUT2D eigenvalue weighted by atomic mass is 35.5. The number of alkyl halides is 3. The second-order valence-electron chi connectivity index (χ2n) is 3.67. The van der Waals surface area contributed by atoms with Crippen LogP contribution in [-0.2, 0) is 6.42 Å². The molecule has 0 saturated heterocycles. The largest absolute Gasteiger partial charge is 0.403 e. The van der Waals surface area contributed by atoms with Crippen molar-refractivity contribution in [2.45, 2.75) is 31.5 Å². The standard InChI is InChI=1S/C11H13ClF3N/c12-9-6-4-8(5-7-9)2-1-3-10(16)11(13,14)15/h4-7,10H,1-3,16H2. The van der Waals surface area contributed by atoms with Crippen LogP contribution in [0.3, 0.4) is 0 Å². The summed E-state index contributed by atoms with van der Waals surface area (Å²) in [6, 6.07) is 5.34. The van der Waals surface area contributed by atoms with Crippen molar-refractivity contribution in [3.05, 3.63) is 34.9 Å². The fraction of sp³-hybridized carbons (Fsp3) is 0.455. The van der Waals surface area contributed by atoms with E-state index < -0.39 is 12.2 Å². The predicted octanol–water partition coefficient (Wildman–Crippen LogP) is 3.55. The molecule has 0 amide bonds. The second kappa shape index (κ2) is 5.55. The average Bonchev–Trinajstić information content (AvgIpc) is 2.19. The number of benzene rings is 1. The lowest BCUT2D eigenvalue weighted by Crippen LogP contribution is -2.37. The molecule has 0 aliphatic heterocycles. The van der Waals surface area contributed by atoms with Crippen molar-refractivity contribution in [3.63, 3.8) is 0 Å². The quantitative estimate of drug-likeness (QED) is 0.870. The maximum absolute atomic E-state index is 12.1. The van der Waals surface area contributed by atoms with E-state index in [1.165, 1.54) is 0 Å². The first kappa shape index (κ1) is 13.3. The summed E-state index contributed by atoms with van der Waals surface area (Å²) in [5.41, 5.74) is 5.96. The van der Waals surface area contributed by atoms with Crippen LogP contribution < -0.4 is 5.73 Å². The fourth-order valence-corrected chi connectivity index (χ4v) is 1.47. The van der Waals surface area contributed by atoms with Crippen LogP contribution in [0.1, 0.15) is 18.4 Å². The van der Waals surface area contributed by atoms with Crippen LogP contribution in [0.5, 0.6) is 0 Å². The minimum absolute atomic E-state index is 0.0495. The van der Waals surface area contributed by atoms with Crippen molar-refractivity contribution in [1.82, 2.24) is 0 Å². The molecule has 1 atom stereocenters. The van der Waals surface area contributed by atoms with Crippen LogP contribution in [0.2, 0.25) is 5.02 Å². The molecular formula is C11H13ClF3N. The van der Waals surface area contributed by atoms with E-state index in [1.807, 2.05) is 0 Å². The monoisotopic (exact) mass is 251 g/mol. The number of aryl methyl sites for hydroxylation is 1. The van der Waals surface area contributed by atoms with Gasteiger partial charge in [-0.25, -0.2) is 0 Å². The van der Waals surface area contributed by atoms with Crippen molar-refractivity contribution >= 4 is 11.6 Å². The van der Waals surface area contributed by atoms with Gasteiger partial charge in [0, 0.05) is 5.02 Å². The Bertz CT molecular complexity index is 321. The molecule has 0 saturated carbocycles. The Morgan fingerprint density at radius 1 is 1.19 bits per heavy atom. The highest BCUT2D eigenvalue weighted by Crippen LogP contribution is 2.22. The molecule has 0 radical (unpaired) electrons. The molecule has 16 heavy (non-hydrogen) atoms. The molecule has 1 nitrogen and oxygen atoms in total. The Hall–Kier alpha value is -0.740. The summed E-state index contributed by atoms with van der Waals surface area (Å²) >= 11 is 5.69. The summed E-state index contributed by atoms with van der Waals surface area (Å²) in [6.07, 6.45) is -3.34. The van der Waals surface area contributed by atoms with E-state index in [1.54, 1.807) is 24.3 Å². The van der Waals surface area contributed by atoms with Crippen molar-refractivity contribution in [2.24, 2.45) is 5.73 Å². The third kappa shape index (κ3) is 4.41. The summed E-state index contributed by atoms with van der Waals surface area (Å²) in [5, 5.41) is 0.621. The lowest BCUT2D eigenvalue weighted by atomic mass is 10.1. The molecule has 0 heterocycles. The smallest absolute Gasteiger partial charge is 0.320 e. The van der Waals surface area contributed by atoms with Crippen molar-refractivity contribution in [3.8, 4) is 0 Å². The molecule has 5 heteroatoms. The molecular weight excluding hydrogens is 239 g/mol. The minimum atomic E-state index is -4.29. The highest BCUT2D eigenvalue weighted by Gasteiger charge is 2.35. The van der Waals surface area contributed by atoms with Gasteiger partial charge in [-0.3, -0.25) is 0 Å². The number of nitrogens with two attached hydrogens (primary N) is 1. The van der Waals surface area contributed by atoms with Gasteiger partial charge in [0.2, 0.25) is 0 Å². The zero-order valence-corrected chi connectivity index (χ0v) is 9.35. The van der Waals surface area contributed by atoms with Crippen molar-refractivity contribution < 1.29 is 13.2 Å². The van der Waals surface area contributed by atoms with Crippen LogP contribution in [0.4, 0.5) is 13.2 Å². The Labute approximate surface area is 97.4 Å². The zero-order chi connectivity index (χ0) is 12.2. The number of rotatable bonds is 4. The van der Waals surface area contributed by atoms with Gasteiger partial charge >= 0.3 is 6.18 Å². The Balaban J connectivity index is 2.33. The molecule has 1 rings (SSSR count). The molecule has 1 aromatic rings. The van der Waals surface area contributed by atoms with Gasteiger partial charge in [0.05, 0.1) is 0 Å². The number of hydrogen-bond donors (Lipinski definition) is 1. The summed E-state index contributed by atoms with van der Waals surface area (Å²) in [7, 11) is 0. The van der Waals surface area contributed by atoms with E-state index in [2.05, 4.69) is 0 Å². The molecule has 0 fully saturated rings. The Kier molecular flexibility index (Phi) is 4.62. The average molecular weight is 252 g/mol. The molecule has 2 N–H and O–H groups in total. The van der Waals surface area contributed by atoms with Gasteiger partial charge < -0.3 is 5.73 Å². The van der Waals surface area contributed by atoms with Gasteiger partial charge in [0.25, 0.3) is 0 Å². The molecule has 0 spiro atoms.